The van der Waals surface area contributed by atoms with Gasteiger partial charge in [0.05, 0.1) is 12.1 Å². The lowest BCUT2D eigenvalue weighted by Crippen LogP contribution is -2.49. The highest BCUT2D eigenvalue weighted by molar-refractivity contribution is 6.00. The molecule has 0 saturated heterocycles. The van der Waals surface area contributed by atoms with Crippen LogP contribution in [0.4, 0.5) is 0 Å². The largest absolute Gasteiger partial charge is 0.361 e. The van der Waals surface area contributed by atoms with E-state index >= 15 is 0 Å². The van der Waals surface area contributed by atoms with Gasteiger partial charge in [0, 0.05) is 17.1 Å². The Morgan fingerprint density at radius 1 is 1.25 bits per heavy atom. The summed E-state index contributed by atoms with van der Waals surface area (Å²) < 4.78 is 0. The molecule has 2 aromatic rings. The summed E-state index contributed by atoms with van der Waals surface area (Å²) in [5.41, 5.74) is 13.1. The number of imide groups is 1. The molecule has 2 rings (SSSR count). The van der Waals surface area contributed by atoms with E-state index in [0.717, 1.165) is 16.5 Å². The van der Waals surface area contributed by atoms with Crippen LogP contribution in [0.1, 0.15) is 12.5 Å². The number of aromatic amines is 1. The lowest BCUT2D eigenvalue weighted by atomic mass is 10.1. The van der Waals surface area contributed by atoms with Crippen molar-refractivity contribution in [1.82, 2.24) is 10.3 Å². The molecule has 2 amide bonds. The van der Waals surface area contributed by atoms with Crippen LogP contribution in [0.15, 0.2) is 30.5 Å². The fraction of sp³-hybridized carbons (Fsp3) is 0.286. The zero-order chi connectivity index (χ0) is 14.7. The van der Waals surface area contributed by atoms with Crippen molar-refractivity contribution in [1.29, 1.82) is 0 Å². The predicted octanol–water partition coefficient (Wildman–Crippen LogP) is 0.0277. The average molecular weight is 274 g/mol. The summed E-state index contributed by atoms with van der Waals surface area (Å²) in [5.74, 6) is -1.04. The zero-order valence-corrected chi connectivity index (χ0v) is 11.2. The first kappa shape index (κ1) is 14.2. The lowest BCUT2D eigenvalue weighted by Gasteiger charge is -2.12. The van der Waals surface area contributed by atoms with Crippen molar-refractivity contribution < 1.29 is 9.59 Å². The third kappa shape index (κ3) is 3.04. The topological polar surface area (TPSA) is 114 Å². The Kier molecular flexibility index (Phi) is 4.16. The second-order valence-corrected chi connectivity index (χ2v) is 4.81. The smallest absolute Gasteiger partial charge is 0.243 e. The monoisotopic (exact) mass is 274 g/mol. The first-order valence-electron chi connectivity index (χ1n) is 6.40. The van der Waals surface area contributed by atoms with Crippen LogP contribution in [-0.4, -0.2) is 28.9 Å². The Bertz CT molecular complexity index is 633. The van der Waals surface area contributed by atoms with Crippen molar-refractivity contribution in [3.05, 3.63) is 36.0 Å². The lowest BCUT2D eigenvalue weighted by molar-refractivity contribution is -0.131. The molecular weight excluding hydrogens is 256 g/mol. The standard InChI is InChI=1S/C14H18N4O2/c1-8(15)13(19)18-14(20)11(16)6-9-7-17-12-5-3-2-4-10(9)12/h2-5,7-8,11,17H,6,15-16H2,1H3,(H,18,19,20)/t8-,11-/m0/s1. The quantitative estimate of drug-likeness (QED) is 0.629. The fourth-order valence-corrected chi connectivity index (χ4v) is 1.96. The minimum atomic E-state index is -0.795. The summed E-state index contributed by atoms with van der Waals surface area (Å²) >= 11 is 0. The molecule has 0 fully saturated rings. The van der Waals surface area contributed by atoms with E-state index in [2.05, 4.69) is 10.3 Å². The van der Waals surface area contributed by atoms with E-state index in [1.165, 1.54) is 6.92 Å². The molecule has 0 aliphatic carbocycles. The summed E-state index contributed by atoms with van der Waals surface area (Å²) in [5, 5.41) is 3.22. The molecular formula is C14H18N4O2. The number of benzene rings is 1. The molecule has 0 radical (unpaired) electrons. The third-order valence-electron chi connectivity index (χ3n) is 3.11. The van der Waals surface area contributed by atoms with Crippen LogP contribution in [-0.2, 0) is 16.0 Å². The number of rotatable bonds is 4. The van der Waals surface area contributed by atoms with Crippen molar-refractivity contribution in [2.75, 3.05) is 0 Å². The predicted molar refractivity (Wildman–Crippen MR) is 76.8 cm³/mol. The maximum absolute atomic E-state index is 11.8. The highest BCUT2D eigenvalue weighted by atomic mass is 16.2. The molecule has 6 nitrogen and oxygen atoms in total. The molecule has 0 bridgehead atoms. The maximum Gasteiger partial charge on any atom is 0.243 e. The minimum absolute atomic E-state index is 0.349. The van der Waals surface area contributed by atoms with Crippen molar-refractivity contribution in [3.63, 3.8) is 0 Å². The molecule has 0 unspecified atom stereocenters. The molecule has 0 spiro atoms. The van der Waals surface area contributed by atoms with Crippen LogP contribution >= 0.6 is 0 Å². The third-order valence-corrected chi connectivity index (χ3v) is 3.11. The van der Waals surface area contributed by atoms with E-state index in [9.17, 15) is 9.59 Å². The highest BCUT2D eigenvalue weighted by Crippen LogP contribution is 2.18. The second kappa shape index (κ2) is 5.85. The van der Waals surface area contributed by atoms with E-state index in [0.29, 0.717) is 6.42 Å². The van der Waals surface area contributed by atoms with Crippen LogP contribution in [0.3, 0.4) is 0 Å². The fourth-order valence-electron chi connectivity index (χ4n) is 1.96. The summed E-state index contributed by atoms with van der Waals surface area (Å²) in [7, 11) is 0. The Morgan fingerprint density at radius 3 is 2.65 bits per heavy atom. The van der Waals surface area contributed by atoms with Crippen LogP contribution in [0.25, 0.3) is 10.9 Å². The Hall–Kier alpha value is -2.18. The molecule has 0 aliphatic rings. The number of aromatic nitrogens is 1. The first-order chi connectivity index (χ1) is 9.49. The van der Waals surface area contributed by atoms with Gasteiger partial charge in [0.15, 0.2) is 0 Å². The van der Waals surface area contributed by atoms with E-state index in [4.69, 9.17) is 11.5 Å². The highest BCUT2D eigenvalue weighted by Gasteiger charge is 2.19. The van der Waals surface area contributed by atoms with Gasteiger partial charge >= 0.3 is 0 Å². The van der Waals surface area contributed by atoms with Gasteiger partial charge < -0.3 is 16.5 Å². The Morgan fingerprint density at radius 2 is 1.95 bits per heavy atom. The number of amides is 2. The number of carbonyl (C=O) groups is 2. The molecule has 0 saturated carbocycles. The molecule has 2 atom stereocenters. The molecule has 106 valence electrons. The number of nitrogens with two attached hydrogens (primary N) is 2. The Balaban J connectivity index is 2.06. The van der Waals surface area contributed by atoms with Crippen LogP contribution in [0.2, 0.25) is 0 Å². The molecule has 0 aliphatic heterocycles. The van der Waals surface area contributed by atoms with Crippen molar-refractivity contribution in [2.24, 2.45) is 11.5 Å². The van der Waals surface area contributed by atoms with Gasteiger partial charge in [0.1, 0.15) is 0 Å². The number of nitrogens with one attached hydrogen (secondary N) is 2. The SMILES string of the molecule is C[C@H](N)C(=O)NC(=O)[C@@H](N)Cc1c[nH]c2ccccc12. The van der Waals surface area contributed by atoms with E-state index in [1.807, 2.05) is 30.5 Å². The molecule has 6 N–H and O–H groups in total. The van der Waals surface area contributed by atoms with Crippen LogP contribution in [0.5, 0.6) is 0 Å². The number of carbonyl (C=O) groups excluding carboxylic acids is 2. The molecule has 1 aromatic carbocycles. The maximum atomic E-state index is 11.8. The molecule has 6 heteroatoms. The van der Waals surface area contributed by atoms with Gasteiger partial charge in [-0.25, -0.2) is 0 Å². The van der Waals surface area contributed by atoms with E-state index < -0.39 is 23.9 Å². The number of para-hydroxylation sites is 1. The number of hydrogen-bond donors (Lipinski definition) is 4. The number of hydrogen-bond acceptors (Lipinski definition) is 4. The molecule has 20 heavy (non-hydrogen) atoms. The van der Waals surface area contributed by atoms with Crippen molar-refractivity contribution in [2.45, 2.75) is 25.4 Å². The van der Waals surface area contributed by atoms with Gasteiger partial charge in [-0.15, -0.1) is 0 Å². The Labute approximate surface area is 116 Å². The van der Waals surface area contributed by atoms with Gasteiger partial charge in [-0.2, -0.15) is 0 Å². The summed E-state index contributed by atoms with van der Waals surface area (Å²) in [6, 6.07) is 6.22. The second-order valence-electron chi connectivity index (χ2n) is 4.81. The van der Waals surface area contributed by atoms with Gasteiger partial charge in [0.2, 0.25) is 11.8 Å². The van der Waals surface area contributed by atoms with Crippen molar-refractivity contribution >= 4 is 22.7 Å². The van der Waals surface area contributed by atoms with Gasteiger partial charge in [-0.05, 0) is 25.0 Å². The normalized spacial score (nSPS) is 13.9. The van der Waals surface area contributed by atoms with Gasteiger partial charge in [-0.1, -0.05) is 18.2 Å². The molecule has 1 aromatic heterocycles. The number of fused-ring (bicyclic) bond motifs is 1. The average Bonchev–Trinajstić information content (AvgIpc) is 2.82. The van der Waals surface area contributed by atoms with Gasteiger partial charge in [-0.3, -0.25) is 14.9 Å². The zero-order valence-electron chi connectivity index (χ0n) is 11.2. The number of H-pyrrole nitrogens is 1. The first-order valence-corrected chi connectivity index (χ1v) is 6.40. The van der Waals surface area contributed by atoms with Crippen LogP contribution < -0.4 is 16.8 Å². The minimum Gasteiger partial charge on any atom is -0.361 e. The van der Waals surface area contributed by atoms with Crippen molar-refractivity contribution in [3.8, 4) is 0 Å². The van der Waals surface area contributed by atoms with Gasteiger partial charge in [0.25, 0.3) is 0 Å². The summed E-state index contributed by atoms with van der Waals surface area (Å²) in [6.07, 6.45) is 2.17. The van der Waals surface area contributed by atoms with E-state index in [1.54, 1.807) is 0 Å². The summed E-state index contributed by atoms with van der Waals surface area (Å²) in [6.45, 7) is 1.51. The summed E-state index contributed by atoms with van der Waals surface area (Å²) in [4.78, 5) is 26.3. The van der Waals surface area contributed by atoms with Crippen LogP contribution in [0, 0.1) is 0 Å². The van der Waals surface area contributed by atoms with E-state index in [-0.39, 0.29) is 0 Å². The molecule has 1 heterocycles.